The first kappa shape index (κ1) is 28.6. The highest BCUT2D eigenvalue weighted by Crippen LogP contribution is 2.59. The molecule has 0 bridgehead atoms. The first-order chi connectivity index (χ1) is 16.9. The number of hydrogen-bond donors (Lipinski definition) is 0. The molecule has 0 unspecified atom stereocenters. The number of carbonyl (C=O) groups excluding carboxylic acids is 3. The van der Waals surface area contributed by atoms with Gasteiger partial charge in [-0.3, -0.25) is 9.59 Å². The van der Waals surface area contributed by atoms with Crippen molar-refractivity contribution in [2.45, 2.75) is 71.9 Å². The molecule has 1 spiro atoms. The van der Waals surface area contributed by atoms with Crippen LogP contribution in [0.4, 0.5) is 0 Å². The van der Waals surface area contributed by atoms with Gasteiger partial charge in [-0.2, -0.15) is 0 Å². The Kier molecular flexibility index (Phi) is 9.21. The minimum Gasteiger partial charge on any atom is -0.462 e. The van der Waals surface area contributed by atoms with Crippen molar-refractivity contribution in [2.24, 2.45) is 10.8 Å². The fraction of sp³-hybridized carbons (Fsp3) is 0.593. The molecular weight excluding hydrogens is 579 g/mol. The predicted molar refractivity (Wildman–Crippen MR) is 140 cm³/mol. The maximum atomic E-state index is 13.5. The van der Waals surface area contributed by atoms with Crippen molar-refractivity contribution in [1.82, 2.24) is 0 Å². The average Bonchev–Trinajstić information content (AvgIpc) is 3.25. The Balaban J connectivity index is 1.95. The molecule has 9 heteroatoms. The number of carbonyl (C=O) groups is 3. The standard InChI is InChI=1S/C27H35IO8/c1-18(29)32-12-11-21(28)15-26(5)22(16-25(3,4)17-27(26)33-13-14-34-27)36-24(31)23(35-19(2)30)20-9-7-6-8-10-20/h6-11,22-23H,12-17H2,1-5H3/b21-11-/t22-,23+,26+/m0/s1. The van der Waals surface area contributed by atoms with Crippen molar-refractivity contribution in [3.63, 3.8) is 0 Å². The first-order valence-corrected chi connectivity index (χ1v) is 13.1. The molecule has 8 nitrogen and oxygen atoms in total. The summed E-state index contributed by atoms with van der Waals surface area (Å²) in [6.07, 6.45) is 1.73. The fourth-order valence-electron chi connectivity index (χ4n) is 5.10. The number of hydrogen-bond acceptors (Lipinski definition) is 8. The van der Waals surface area contributed by atoms with Gasteiger partial charge in [0.25, 0.3) is 0 Å². The molecular formula is C27H35IO8. The minimum atomic E-state index is -1.18. The molecule has 0 radical (unpaired) electrons. The lowest BCUT2D eigenvalue weighted by molar-refractivity contribution is -0.300. The number of benzene rings is 1. The van der Waals surface area contributed by atoms with Crippen LogP contribution in [0.1, 0.15) is 65.5 Å². The third-order valence-electron chi connectivity index (χ3n) is 6.77. The molecule has 1 saturated carbocycles. The molecule has 1 aromatic carbocycles. The molecule has 3 atom stereocenters. The molecule has 1 heterocycles. The van der Waals surface area contributed by atoms with E-state index in [1.165, 1.54) is 13.8 Å². The quantitative estimate of drug-likeness (QED) is 0.228. The highest BCUT2D eigenvalue weighted by Gasteiger charge is 2.64. The number of esters is 3. The molecule has 36 heavy (non-hydrogen) atoms. The van der Waals surface area contributed by atoms with E-state index in [1.54, 1.807) is 24.3 Å². The van der Waals surface area contributed by atoms with E-state index in [1.807, 2.05) is 19.1 Å². The van der Waals surface area contributed by atoms with E-state index in [4.69, 9.17) is 23.7 Å². The second kappa shape index (κ2) is 11.6. The SMILES string of the molecule is CC(=O)OC/C=C(\I)C[C@]1(C)[C@@H](OC(=O)[C@H](OC(C)=O)c2ccccc2)CC(C)(C)CC12OCCO2. The van der Waals surface area contributed by atoms with E-state index in [0.717, 1.165) is 3.58 Å². The molecule has 3 rings (SSSR count). The third-order valence-corrected chi connectivity index (χ3v) is 7.59. The van der Waals surface area contributed by atoms with Crippen LogP contribution in [0.2, 0.25) is 0 Å². The van der Waals surface area contributed by atoms with Crippen LogP contribution in [-0.4, -0.2) is 49.6 Å². The molecule has 0 aromatic heterocycles. The van der Waals surface area contributed by atoms with Gasteiger partial charge in [-0.05, 0) is 50.5 Å². The summed E-state index contributed by atoms with van der Waals surface area (Å²) in [7, 11) is 0. The summed E-state index contributed by atoms with van der Waals surface area (Å²) in [6.45, 7) is 9.88. The van der Waals surface area contributed by atoms with Crippen molar-refractivity contribution in [1.29, 1.82) is 0 Å². The van der Waals surface area contributed by atoms with Crippen LogP contribution in [0, 0.1) is 10.8 Å². The van der Waals surface area contributed by atoms with Crippen LogP contribution >= 0.6 is 22.6 Å². The van der Waals surface area contributed by atoms with E-state index in [-0.39, 0.29) is 18.0 Å². The minimum absolute atomic E-state index is 0.150. The Morgan fingerprint density at radius 2 is 1.72 bits per heavy atom. The van der Waals surface area contributed by atoms with Crippen LogP contribution in [-0.2, 0) is 38.1 Å². The van der Waals surface area contributed by atoms with Gasteiger partial charge in [-0.15, -0.1) is 0 Å². The fourth-order valence-corrected chi connectivity index (χ4v) is 6.08. The van der Waals surface area contributed by atoms with Crippen molar-refractivity contribution in [3.8, 4) is 0 Å². The summed E-state index contributed by atoms with van der Waals surface area (Å²) >= 11 is 2.21. The monoisotopic (exact) mass is 614 g/mol. The molecule has 1 saturated heterocycles. The van der Waals surface area contributed by atoms with Gasteiger partial charge in [-0.1, -0.05) is 51.1 Å². The van der Waals surface area contributed by atoms with E-state index in [9.17, 15) is 14.4 Å². The van der Waals surface area contributed by atoms with Gasteiger partial charge in [0.15, 0.2) is 5.79 Å². The maximum Gasteiger partial charge on any atom is 0.352 e. The van der Waals surface area contributed by atoms with Crippen LogP contribution in [0.15, 0.2) is 40.0 Å². The summed E-state index contributed by atoms with van der Waals surface area (Å²) in [5.41, 5.74) is -0.464. The summed E-state index contributed by atoms with van der Waals surface area (Å²) < 4.78 is 30.2. The molecule has 1 aliphatic heterocycles. The molecule has 0 amide bonds. The number of rotatable bonds is 8. The Hall–Kier alpha value is -1.98. The van der Waals surface area contributed by atoms with Crippen molar-refractivity contribution >= 4 is 40.5 Å². The molecule has 2 aliphatic rings. The number of ether oxygens (including phenoxy) is 5. The Morgan fingerprint density at radius 3 is 2.31 bits per heavy atom. The lowest BCUT2D eigenvalue weighted by atomic mass is 9.59. The van der Waals surface area contributed by atoms with Crippen LogP contribution in [0.3, 0.4) is 0 Å². The molecule has 2 fully saturated rings. The van der Waals surface area contributed by atoms with Gasteiger partial charge in [-0.25, -0.2) is 4.79 Å². The Bertz CT molecular complexity index is 983. The van der Waals surface area contributed by atoms with E-state index in [0.29, 0.717) is 38.0 Å². The third kappa shape index (κ3) is 6.66. The summed E-state index contributed by atoms with van der Waals surface area (Å²) in [5.74, 6) is -2.54. The lowest BCUT2D eigenvalue weighted by Gasteiger charge is -2.56. The van der Waals surface area contributed by atoms with Crippen LogP contribution in [0.5, 0.6) is 0 Å². The van der Waals surface area contributed by atoms with Crippen molar-refractivity contribution in [2.75, 3.05) is 19.8 Å². The van der Waals surface area contributed by atoms with E-state index < -0.39 is 35.3 Å². The molecule has 1 aromatic rings. The zero-order valence-electron chi connectivity index (χ0n) is 21.5. The van der Waals surface area contributed by atoms with Gasteiger partial charge < -0.3 is 23.7 Å². The molecule has 1 aliphatic carbocycles. The highest BCUT2D eigenvalue weighted by molar-refractivity contribution is 14.1. The Morgan fingerprint density at radius 1 is 1.08 bits per heavy atom. The maximum absolute atomic E-state index is 13.5. The second-order valence-corrected chi connectivity index (χ2v) is 11.8. The van der Waals surface area contributed by atoms with Gasteiger partial charge >= 0.3 is 17.9 Å². The number of halogens is 1. The van der Waals surface area contributed by atoms with Crippen LogP contribution < -0.4 is 0 Å². The highest BCUT2D eigenvalue weighted by atomic mass is 127. The smallest absolute Gasteiger partial charge is 0.352 e. The van der Waals surface area contributed by atoms with Gasteiger partial charge in [0.2, 0.25) is 6.10 Å². The second-order valence-electron chi connectivity index (χ2n) is 10.4. The normalized spacial score (nSPS) is 25.7. The van der Waals surface area contributed by atoms with Crippen molar-refractivity contribution < 1.29 is 38.1 Å². The zero-order chi connectivity index (χ0) is 26.6. The van der Waals surface area contributed by atoms with Crippen LogP contribution in [0.25, 0.3) is 0 Å². The van der Waals surface area contributed by atoms with E-state index in [2.05, 4.69) is 36.4 Å². The first-order valence-electron chi connectivity index (χ1n) is 12.1. The topological polar surface area (TPSA) is 97.4 Å². The van der Waals surface area contributed by atoms with Gasteiger partial charge in [0, 0.05) is 25.8 Å². The Labute approximate surface area is 226 Å². The zero-order valence-corrected chi connectivity index (χ0v) is 23.7. The average molecular weight is 614 g/mol. The number of allylic oxidation sites excluding steroid dienone is 1. The molecule has 198 valence electrons. The van der Waals surface area contributed by atoms with Gasteiger partial charge in [0.1, 0.15) is 12.7 Å². The summed E-state index contributed by atoms with van der Waals surface area (Å²) in [6, 6.07) is 8.83. The van der Waals surface area contributed by atoms with Gasteiger partial charge in [0.05, 0.1) is 18.6 Å². The predicted octanol–water partition coefficient (Wildman–Crippen LogP) is 5.04. The summed E-state index contributed by atoms with van der Waals surface area (Å²) in [4.78, 5) is 36.6. The largest absolute Gasteiger partial charge is 0.462 e. The van der Waals surface area contributed by atoms with Crippen molar-refractivity contribution in [3.05, 3.63) is 45.6 Å². The summed E-state index contributed by atoms with van der Waals surface area (Å²) in [5, 5.41) is 0. The van der Waals surface area contributed by atoms with E-state index >= 15 is 0 Å². The molecule has 0 N–H and O–H groups in total. The lowest BCUT2D eigenvalue weighted by Crippen LogP contribution is -2.62.